The van der Waals surface area contributed by atoms with Crippen LogP contribution in [0.2, 0.25) is 0 Å². The molecule has 1 N–H and O–H groups in total. The Hall–Kier alpha value is -0.980. The molecule has 1 aromatic rings. The lowest BCUT2D eigenvalue weighted by Crippen LogP contribution is -2.40. The smallest absolute Gasteiger partial charge is 0.244 e. The zero-order valence-electron chi connectivity index (χ0n) is 9.83. The molecular formula is C11H17N3O2S. The third-order valence-corrected chi connectivity index (χ3v) is 4.94. The van der Waals surface area contributed by atoms with E-state index < -0.39 is 10.0 Å². The standard InChI is InChI=1S/C11H17N3O2S/c1-12-8-10-4-3-7-14(10)17(15,16)11-5-2-6-13-9-11/h2,5-6,9-10,12H,3-4,7-8H2,1H3. The quantitative estimate of drug-likeness (QED) is 0.848. The second-order valence-corrected chi connectivity index (χ2v) is 6.05. The van der Waals surface area contributed by atoms with Crippen molar-refractivity contribution in [2.45, 2.75) is 23.8 Å². The molecule has 1 fully saturated rings. The molecule has 0 radical (unpaired) electrons. The highest BCUT2D eigenvalue weighted by Crippen LogP contribution is 2.24. The van der Waals surface area contributed by atoms with E-state index in [0.29, 0.717) is 13.1 Å². The lowest BCUT2D eigenvalue weighted by molar-refractivity contribution is 0.379. The summed E-state index contributed by atoms with van der Waals surface area (Å²) in [7, 11) is -1.54. The average molecular weight is 255 g/mol. The van der Waals surface area contributed by atoms with E-state index in [2.05, 4.69) is 10.3 Å². The van der Waals surface area contributed by atoms with Crippen molar-refractivity contribution >= 4 is 10.0 Å². The molecule has 1 saturated heterocycles. The summed E-state index contributed by atoms with van der Waals surface area (Å²) in [5.41, 5.74) is 0. The lowest BCUT2D eigenvalue weighted by atomic mass is 10.2. The second kappa shape index (κ2) is 5.12. The van der Waals surface area contributed by atoms with Crippen molar-refractivity contribution in [3.8, 4) is 0 Å². The Bertz CT molecular complexity index is 461. The van der Waals surface area contributed by atoms with Crippen LogP contribution in [-0.4, -0.2) is 43.9 Å². The first kappa shape index (κ1) is 12.5. The SMILES string of the molecule is CNCC1CCCN1S(=O)(=O)c1cccnc1. The fraction of sp³-hybridized carbons (Fsp3) is 0.545. The highest BCUT2D eigenvalue weighted by molar-refractivity contribution is 7.89. The van der Waals surface area contributed by atoms with Crippen molar-refractivity contribution in [2.24, 2.45) is 0 Å². The Labute approximate surface area is 102 Å². The zero-order chi connectivity index (χ0) is 12.3. The number of nitrogens with one attached hydrogen (secondary N) is 1. The van der Waals surface area contributed by atoms with Crippen molar-refractivity contribution < 1.29 is 8.42 Å². The molecule has 0 aliphatic carbocycles. The molecule has 1 aromatic heterocycles. The maximum absolute atomic E-state index is 12.4. The molecule has 0 spiro atoms. The van der Waals surface area contributed by atoms with Crippen LogP contribution in [0.4, 0.5) is 0 Å². The molecule has 0 aromatic carbocycles. The van der Waals surface area contributed by atoms with Crippen LogP contribution < -0.4 is 5.32 Å². The third-order valence-electron chi connectivity index (χ3n) is 3.00. The van der Waals surface area contributed by atoms with Gasteiger partial charge in [-0.25, -0.2) is 8.42 Å². The van der Waals surface area contributed by atoms with Gasteiger partial charge in [-0.05, 0) is 32.0 Å². The molecule has 0 bridgehead atoms. The molecule has 1 aliphatic rings. The fourth-order valence-electron chi connectivity index (χ4n) is 2.20. The van der Waals surface area contributed by atoms with E-state index in [9.17, 15) is 8.42 Å². The van der Waals surface area contributed by atoms with E-state index in [1.54, 1.807) is 22.6 Å². The van der Waals surface area contributed by atoms with Gasteiger partial charge in [-0.2, -0.15) is 4.31 Å². The van der Waals surface area contributed by atoms with Gasteiger partial charge in [0.1, 0.15) is 4.90 Å². The Morgan fingerprint density at radius 1 is 1.59 bits per heavy atom. The molecule has 0 saturated carbocycles. The fourth-order valence-corrected chi connectivity index (χ4v) is 3.86. The Kier molecular flexibility index (Phi) is 3.76. The number of aromatic nitrogens is 1. The summed E-state index contributed by atoms with van der Waals surface area (Å²) in [5.74, 6) is 0. The van der Waals surface area contributed by atoms with Gasteiger partial charge in [-0.3, -0.25) is 4.98 Å². The largest absolute Gasteiger partial charge is 0.318 e. The summed E-state index contributed by atoms with van der Waals surface area (Å²) in [5, 5.41) is 3.04. The Morgan fingerprint density at radius 2 is 2.41 bits per heavy atom. The van der Waals surface area contributed by atoms with Gasteiger partial charge in [0.2, 0.25) is 10.0 Å². The summed E-state index contributed by atoms with van der Waals surface area (Å²) >= 11 is 0. The number of nitrogens with zero attached hydrogens (tertiary/aromatic N) is 2. The zero-order valence-corrected chi connectivity index (χ0v) is 10.7. The van der Waals surface area contributed by atoms with E-state index in [1.807, 2.05) is 7.05 Å². The van der Waals surface area contributed by atoms with Gasteiger partial charge in [0.25, 0.3) is 0 Å². The van der Waals surface area contributed by atoms with Crippen LogP contribution in [0.5, 0.6) is 0 Å². The van der Waals surface area contributed by atoms with Gasteiger partial charge in [0.15, 0.2) is 0 Å². The van der Waals surface area contributed by atoms with Gasteiger partial charge in [-0.1, -0.05) is 0 Å². The first-order chi connectivity index (χ1) is 8.16. The van der Waals surface area contributed by atoms with E-state index in [1.165, 1.54) is 6.20 Å². The van der Waals surface area contributed by atoms with Gasteiger partial charge < -0.3 is 5.32 Å². The average Bonchev–Trinajstić information content (AvgIpc) is 2.80. The van der Waals surface area contributed by atoms with Crippen molar-refractivity contribution in [3.63, 3.8) is 0 Å². The van der Waals surface area contributed by atoms with Crippen molar-refractivity contribution in [3.05, 3.63) is 24.5 Å². The van der Waals surface area contributed by atoms with Crippen molar-refractivity contribution in [2.75, 3.05) is 20.1 Å². The number of hydrogen-bond acceptors (Lipinski definition) is 4. The van der Waals surface area contributed by atoms with Crippen LogP contribution in [-0.2, 0) is 10.0 Å². The Balaban J connectivity index is 2.27. The minimum atomic E-state index is -3.38. The molecule has 1 aliphatic heterocycles. The third kappa shape index (κ3) is 2.48. The molecule has 1 atom stereocenters. The van der Waals surface area contributed by atoms with Gasteiger partial charge in [-0.15, -0.1) is 0 Å². The van der Waals surface area contributed by atoms with Crippen LogP contribution in [0.1, 0.15) is 12.8 Å². The molecule has 2 heterocycles. The number of rotatable bonds is 4. The van der Waals surface area contributed by atoms with E-state index in [0.717, 1.165) is 12.8 Å². The van der Waals surface area contributed by atoms with E-state index >= 15 is 0 Å². The summed E-state index contributed by atoms with van der Waals surface area (Å²) < 4.78 is 26.3. The number of hydrogen-bond donors (Lipinski definition) is 1. The monoisotopic (exact) mass is 255 g/mol. The first-order valence-corrected chi connectivity index (χ1v) is 7.16. The molecular weight excluding hydrogens is 238 g/mol. The molecule has 6 heteroatoms. The minimum absolute atomic E-state index is 0.0604. The number of pyridine rings is 1. The normalized spacial score (nSPS) is 21.8. The van der Waals surface area contributed by atoms with Crippen LogP contribution in [0, 0.1) is 0 Å². The second-order valence-electron chi connectivity index (χ2n) is 4.16. The Morgan fingerprint density at radius 3 is 3.06 bits per heavy atom. The summed E-state index contributed by atoms with van der Waals surface area (Å²) in [6.07, 6.45) is 4.82. The maximum atomic E-state index is 12.4. The van der Waals surface area contributed by atoms with Crippen molar-refractivity contribution in [1.82, 2.24) is 14.6 Å². The van der Waals surface area contributed by atoms with Gasteiger partial charge >= 0.3 is 0 Å². The molecule has 17 heavy (non-hydrogen) atoms. The first-order valence-electron chi connectivity index (χ1n) is 5.72. The molecule has 94 valence electrons. The topological polar surface area (TPSA) is 62.3 Å². The van der Waals surface area contributed by atoms with E-state index in [4.69, 9.17) is 0 Å². The molecule has 2 rings (SSSR count). The molecule has 1 unspecified atom stereocenters. The maximum Gasteiger partial charge on any atom is 0.244 e. The predicted molar refractivity (Wildman–Crippen MR) is 65.1 cm³/mol. The molecule has 0 amide bonds. The summed E-state index contributed by atoms with van der Waals surface area (Å²) in [4.78, 5) is 4.15. The summed E-state index contributed by atoms with van der Waals surface area (Å²) in [6.45, 7) is 1.29. The molecule has 5 nitrogen and oxygen atoms in total. The van der Waals surface area contributed by atoms with E-state index in [-0.39, 0.29) is 10.9 Å². The van der Waals surface area contributed by atoms with Gasteiger partial charge in [0, 0.05) is 31.5 Å². The predicted octanol–water partition coefficient (Wildman–Crippen LogP) is 0.454. The van der Waals surface area contributed by atoms with Crippen molar-refractivity contribution in [1.29, 1.82) is 0 Å². The highest BCUT2D eigenvalue weighted by atomic mass is 32.2. The van der Waals surface area contributed by atoms with Crippen LogP contribution in [0.15, 0.2) is 29.4 Å². The van der Waals surface area contributed by atoms with Crippen LogP contribution >= 0.6 is 0 Å². The highest BCUT2D eigenvalue weighted by Gasteiger charge is 2.34. The number of likely N-dealkylation sites (N-methyl/N-ethyl adjacent to an activating group) is 1. The lowest BCUT2D eigenvalue weighted by Gasteiger charge is -2.23. The van der Waals surface area contributed by atoms with Crippen LogP contribution in [0.25, 0.3) is 0 Å². The summed E-state index contributed by atoms with van der Waals surface area (Å²) in [6, 6.07) is 3.30. The van der Waals surface area contributed by atoms with Gasteiger partial charge in [0.05, 0.1) is 0 Å². The minimum Gasteiger partial charge on any atom is -0.318 e. The van der Waals surface area contributed by atoms with Crippen LogP contribution in [0.3, 0.4) is 0 Å². The number of sulfonamides is 1.